The van der Waals surface area contributed by atoms with Gasteiger partial charge in [-0.2, -0.15) is 13.2 Å². The van der Waals surface area contributed by atoms with E-state index in [1.807, 2.05) is 18.2 Å². The van der Waals surface area contributed by atoms with Gasteiger partial charge in [0.1, 0.15) is 4.88 Å². The van der Waals surface area contributed by atoms with Crippen LogP contribution >= 0.6 is 11.3 Å². The molecule has 112 valence electrons. The molecule has 4 nitrogen and oxygen atoms in total. The second-order valence-corrected chi connectivity index (χ2v) is 5.28. The van der Waals surface area contributed by atoms with Crippen LogP contribution in [-0.4, -0.2) is 16.1 Å². The van der Waals surface area contributed by atoms with E-state index in [0.717, 1.165) is 5.56 Å². The average molecular weight is 316 g/mol. The number of thiazole rings is 1. The topological polar surface area (TPSA) is 62.2 Å². The number of nitrogens with zero attached hydrogens (tertiary/aromatic N) is 1. The van der Waals surface area contributed by atoms with Gasteiger partial charge in [-0.1, -0.05) is 41.7 Å². The zero-order valence-electron chi connectivity index (χ0n) is 10.8. The van der Waals surface area contributed by atoms with Gasteiger partial charge in [0.25, 0.3) is 0 Å². The summed E-state index contributed by atoms with van der Waals surface area (Å²) in [7, 11) is 0. The summed E-state index contributed by atoms with van der Waals surface area (Å²) < 4.78 is 38.2. The van der Waals surface area contributed by atoms with Crippen molar-refractivity contribution in [1.29, 1.82) is 0 Å². The third-order valence-electron chi connectivity index (χ3n) is 2.73. The Kier molecular flexibility index (Phi) is 4.17. The number of hydrogen-bond acceptors (Lipinski definition) is 4. The monoisotopic (exact) mass is 316 g/mol. The first-order chi connectivity index (χ1) is 9.79. The van der Waals surface area contributed by atoms with Crippen molar-refractivity contribution < 1.29 is 23.1 Å². The summed E-state index contributed by atoms with van der Waals surface area (Å²) in [5, 5.41) is 11.6. The van der Waals surface area contributed by atoms with Crippen molar-refractivity contribution in [3.63, 3.8) is 0 Å². The van der Waals surface area contributed by atoms with Crippen LogP contribution in [0.25, 0.3) is 0 Å². The lowest BCUT2D eigenvalue weighted by atomic mass is 10.1. The molecule has 2 aromatic rings. The first-order valence-electron chi connectivity index (χ1n) is 5.92. The molecule has 0 radical (unpaired) electrons. The van der Waals surface area contributed by atoms with Crippen molar-refractivity contribution >= 4 is 22.4 Å². The maximum Gasteiger partial charge on any atom is 0.435 e. The minimum absolute atomic E-state index is 0.0731. The van der Waals surface area contributed by atoms with Crippen LogP contribution in [-0.2, 0) is 6.18 Å². The fourth-order valence-electron chi connectivity index (χ4n) is 1.73. The molecule has 0 aliphatic rings. The van der Waals surface area contributed by atoms with E-state index in [2.05, 4.69) is 10.3 Å². The smallest absolute Gasteiger partial charge is 0.435 e. The number of hydrogen-bond donors (Lipinski definition) is 2. The van der Waals surface area contributed by atoms with Crippen molar-refractivity contribution in [1.82, 2.24) is 4.98 Å². The van der Waals surface area contributed by atoms with E-state index in [-0.39, 0.29) is 11.2 Å². The number of aromatic carboxylic acids is 1. The fraction of sp³-hybridized carbons (Fsp3) is 0.231. The molecular weight excluding hydrogens is 305 g/mol. The van der Waals surface area contributed by atoms with Gasteiger partial charge in [-0.05, 0) is 12.5 Å². The van der Waals surface area contributed by atoms with Gasteiger partial charge in [0, 0.05) is 0 Å². The van der Waals surface area contributed by atoms with Crippen molar-refractivity contribution in [3.8, 4) is 0 Å². The van der Waals surface area contributed by atoms with Crippen LogP contribution in [0.15, 0.2) is 30.3 Å². The quantitative estimate of drug-likeness (QED) is 0.894. The summed E-state index contributed by atoms with van der Waals surface area (Å²) in [6.07, 6.45) is -4.79. The number of anilines is 1. The Morgan fingerprint density at radius 3 is 2.43 bits per heavy atom. The van der Waals surface area contributed by atoms with E-state index >= 15 is 0 Å². The normalized spacial score (nSPS) is 13.0. The Labute approximate surface area is 122 Å². The molecule has 2 N–H and O–H groups in total. The van der Waals surface area contributed by atoms with Gasteiger partial charge in [0.05, 0.1) is 6.04 Å². The molecule has 0 aliphatic carbocycles. The molecule has 1 heterocycles. The van der Waals surface area contributed by atoms with Crippen LogP contribution in [0.4, 0.5) is 18.3 Å². The largest absolute Gasteiger partial charge is 0.477 e. The van der Waals surface area contributed by atoms with Crippen LogP contribution in [0.1, 0.15) is 33.9 Å². The molecule has 1 aromatic carbocycles. The fourth-order valence-corrected chi connectivity index (χ4v) is 2.64. The second kappa shape index (κ2) is 5.72. The predicted molar refractivity (Wildman–Crippen MR) is 72.6 cm³/mol. The summed E-state index contributed by atoms with van der Waals surface area (Å²) in [4.78, 5) is 13.4. The summed E-state index contributed by atoms with van der Waals surface area (Å²) in [5.41, 5.74) is -0.513. The highest BCUT2D eigenvalue weighted by atomic mass is 32.1. The summed E-state index contributed by atoms with van der Waals surface area (Å²) >= 11 is 0.476. The van der Waals surface area contributed by atoms with E-state index in [1.54, 1.807) is 19.1 Å². The third kappa shape index (κ3) is 3.52. The molecule has 1 unspecified atom stereocenters. The Morgan fingerprint density at radius 1 is 1.33 bits per heavy atom. The molecule has 0 spiro atoms. The molecule has 2 rings (SSSR count). The zero-order chi connectivity index (χ0) is 15.6. The van der Waals surface area contributed by atoms with E-state index in [4.69, 9.17) is 5.11 Å². The summed E-state index contributed by atoms with van der Waals surface area (Å²) in [5.74, 6) is -1.64. The molecule has 0 saturated heterocycles. The van der Waals surface area contributed by atoms with Crippen LogP contribution in [0, 0.1) is 0 Å². The lowest BCUT2D eigenvalue weighted by Gasteiger charge is -2.12. The number of benzene rings is 1. The Morgan fingerprint density at radius 2 is 1.95 bits per heavy atom. The molecule has 0 aliphatic heterocycles. The summed E-state index contributed by atoms with van der Waals surface area (Å²) in [6, 6.07) is 8.77. The number of nitrogens with one attached hydrogen (secondary N) is 1. The molecule has 21 heavy (non-hydrogen) atoms. The Bertz CT molecular complexity index is 641. The van der Waals surface area contributed by atoms with E-state index < -0.39 is 22.7 Å². The Balaban J connectivity index is 2.27. The highest BCUT2D eigenvalue weighted by Crippen LogP contribution is 2.37. The van der Waals surface area contributed by atoms with E-state index in [1.165, 1.54) is 0 Å². The van der Waals surface area contributed by atoms with Gasteiger partial charge in [0.2, 0.25) is 0 Å². The Hall–Kier alpha value is -2.09. The zero-order valence-corrected chi connectivity index (χ0v) is 11.6. The number of carbonyl (C=O) groups is 1. The van der Waals surface area contributed by atoms with Gasteiger partial charge in [-0.3, -0.25) is 0 Å². The second-order valence-electron chi connectivity index (χ2n) is 4.28. The number of halogens is 3. The molecule has 0 bridgehead atoms. The number of carboxylic acid groups (broad SMARTS) is 1. The van der Waals surface area contributed by atoms with Crippen molar-refractivity contribution in [2.24, 2.45) is 0 Å². The van der Waals surface area contributed by atoms with Gasteiger partial charge in [-0.25, -0.2) is 9.78 Å². The van der Waals surface area contributed by atoms with Crippen molar-refractivity contribution in [2.45, 2.75) is 19.1 Å². The minimum Gasteiger partial charge on any atom is -0.477 e. The molecule has 0 fully saturated rings. The van der Waals surface area contributed by atoms with E-state index in [0.29, 0.717) is 11.3 Å². The van der Waals surface area contributed by atoms with Crippen LogP contribution in [0.5, 0.6) is 0 Å². The number of aromatic nitrogens is 1. The van der Waals surface area contributed by atoms with Crippen LogP contribution < -0.4 is 5.32 Å². The maximum absolute atomic E-state index is 12.7. The SMILES string of the molecule is CC(Nc1nc(C(F)(F)F)c(C(=O)O)s1)c1ccccc1. The molecular formula is C13H11F3N2O2S. The highest BCUT2D eigenvalue weighted by molar-refractivity contribution is 7.17. The highest BCUT2D eigenvalue weighted by Gasteiger charge is 2.39. The molecule has 1 atom stereocenters. The van der Waals surface area contributed by atoms with Gasteiger partial charge < -0.3 is 10.4 Å². The van der Waals surface area contributed by atoms with Crippen molar-refractivity contribution in [2.75, 3.05) is 5.32 Å². The molecule has 1 aromatic heterocycles. The van der Waals surface area contributed by atoms with Crippen molar-refractivity contribution in [3.05, 3.63) is 46.5 Å². The summed E-state index contributed by atoms with van der Waals surface area (Å²) in [6.45, 7) is 1.75. The lowest BCUT2D eigenvalue weighted by molar-refractivity contribution is -0.141. The first kappa shape index (κ1) is 15.3. The van der Waals surface area contributed by atoms with Gasteiger partial charge in [0.15, 0.2) is 10.8 Å². The maximum atomic E-state index is 12.7. The van der Waals surface area contributed by atoms with E-state index in [9.17, 15) is 18.0 Å². The minimum atomic E-state index is -4.79. The average Bonchev–Trinajstić information content (AvgIpc) is 2.84. The molecule has 8 heteroatoms. The third-order valence-corrected chi connectivity index (χ3v) is 3.70. The first-order valence-corrected chi connectivity index (χ1v) is 6.73. The van der Waals surface area contributed by atoms with Gasteiger partial charge >= 0.3 is 12.1 Å². The van der Waals surface area contributed by atoms with Crippen LogP contribution in [0.2, 0.25) is 0 Å². The lowest BCUT2D eigenvalue weighted by Crippen LogP contribution is -2.12. The number of rotatable bonds is 4. The van der Waals surface area contributed by atoms with Gasteiger partial charge in [-0.15, -0.1) is 0 Å². The van der Waals surface area contributed by atoms with Crippen LogP contribution in [0.3, 0.4) is 0 Å². The molecule has 0 saturated carbocycles. The predicted octanol–water partition coefficient (Wildman–Crippen LogP) is 4.03. The standard InChI is InChI=1S/C13H11F3N2O2S/c1-7(8-5-3-2-4-6-8)17-12-18-10(13(14,15)16)9(21-12)11(19)20/h2-7H,1H3,(H,17,18)(H,19,20). The number of carboxylic acids is 1. The number of alkyl halides is 3. The molecule has 0 amide bonds.